The summed E-state index contributed by atoms with van der Waals surface area (Å²) < 4.78 is 4.78. The predicted molar refractivity (Wildman–Crippen MR) is 90.6 cm³/mol. The largest absolute Gasteiger partial charge is 0.465 e. The maximum Gasteiger partial charge on any atom is 0.339 e. The molecule has 6 heteroatoms. The van der Waals surface area contributed by atoms with E-state index < -0.39 is 5.97 Å². The van der Waals surface area contributed by atoms with Crippen LogP contribution in [0.4, 0.5) is 5.69 Å². The molecule has 1 amide bonds. The maximum absolute atomic E-state index is 12.5. The van der Waals surface area contributed by atoms with Crippen LogP contribution in [0.25, 0.3) is 0 Å². The van der Waals surface area contributed by atoms with Gasteiger partial charge in [0.2, 0.25) is 0 Å². The second-order valence-corrected chi connectivity index (χ2v) is 5.41. The Hall–Kier alpha value is -2.89. The third kappa shape index (κ3) is 3.37. The van der Waals surface area contributed by atoms with Gasteiger partial charge in [-0.25, -0.2) is 4.79 Å². The van der Waals surface area contributed by atoms with Gasteiger partial charge < -0.3 is 15.0 Å². The summed E-state index contributed by atoms with van der Waals surface area (Å²) in [5.74, 6) is -0.859. The molecule has 1 heterocycles. The number of anilines is 1. The summed E-state index contributed by atoms with van der Waals surface area (Å²) in [5.41, 5.74) is 3.08. The normalized spacial score (nSPS) is 10.3. The van der Waals surface area contributed by atoms with Crippen LogP contribution in [-0.4, -0.2) is 29.8 Å². The van der Waals surface area contributed by atoms with E-state index in [1.165, 1.54) is 14.0 Å². The number of aromatic nitrogens is 1. The average Bonchev–Trinajstić information content (AvgIpc) is 2.91. The summed E-state index contributed by atoms with van der Waals surface area (Å²) in [6, 6.07) is 6.62. The monoisotopic (exact) mass is 328 g/mol. The number of amides is 1. The number of H-pyrrole nitrogens is 1. The van der Waals surface area contributed by atoms with Crippen molar-refractivity contribution in [1.29, 1.82) is 0 Å². The van der Waals surface area contributed by atoms with Crippen molar-refractivity contribution in [3.8, 4) is 0 Å². The van der Waals surface area contributed by atoms with E-state index in [2.05, 4.69) is 10.3 Å². The van der Waals surface area contributed by atoms with Gasteiger partial charge in [0, 0.05) is 16.9 Å². The number of hydrogen-bond acceptors (Lipinski definition) is 4. The van der Waals surface area contributed by atoms with Gasteiger partial charge in [0.25, 0.3) is 5.91 Å². The highest BCUT2D eigenvalue weighted by Gasteiger charge is 2.23. The highest BCUT2D eigenvalue weighted by atomic mass is 16.5. The van der Waals surface area contributed by atoms with E-state index in [4.69, 9.17) is 4.74 Å². The average molecular weight is 328 g/mol. The summed E-state index contributed by atoms with van der Waals surface area (Å²) in [6.45, 7) is 5.08. The molecule has 0 saturated heterocycles. The van der Waals surface area contributed by atoms with E-state index in [1.807, 2.05) is 6.92 Å². The first-order valence-corrected chi connectivity index (χ1v) is 7.61. The van der Waals surface area contributed by atoms with Crippen LogP contribution in [0.1, 0.15) is 56.3 Å². The zero-order valence-corrected chi connectivity index (χ0v) is 14.1. The van der Waals surface area contributed by atoms with Gasteiger partial charge in [-0.3, -0.25) is 9.59 Å². The lowest BCUT2D eigenvalue weighted by Crippen LogP contribution is -2.14. The number of esters is 1. The van der Waals surface area contributed by atoms with Gasteiger partial charge in [-0.05, 0) is 50.1 Å². The Kier molecular flexibility index (Phi) is 5.18. The summed E-state index contributed by atoms with van der Waals surface area (Å²) >= 11 is 0. The molecule has 0 bridgehead atoms. The van der Waals surface area contributed by atoms with Crippen LogP contribution >= 0.6 is 0 Å². The predicted octanol–water partition coefficient (Wildman–Crippen LogP) is 3.13. The van der Waals surface area contributed by atoms with Crippen molar-refractivity contribution in [2.45, 2.75) is 27.2 Å². The topological polar surface area (TPSA) is 88.3 Å². The molecule has 0 unspecified atom stereocenters. The maximum atomic E-state index is 12.5. The lowest BCUT2D eigenvalue weighted by Gasteiger charge is -2.06. The molecule has 126 valence electrons. The van der Waals surface area contributed by atoms with Gasteiger partial charge in [0.05, 0.1) is 12.7 Å². The molecule has 6 nitrogen and oxygen atoms in total. The molecule has 2 N–H and O–H groups in total. The van der Waals surface area contributed by atoms with E-state index in [1.54, 1.807) is 31.2 Å². The van der Waals surface area contributed by atoms with Crippen molar-refractivity contribution in [3.05, 3.63) is 52.3 Å². The minimum atomic E-state index is -0.467. The molecule has 0 aliphatic heterocycles. The van der Waals surface area contributed by atoms with E-state index in [9.17, 15) is 14.4 Å². The molecular formula is C18H20N2O4. The van der Waals surface area contributed by atoms with E-state index in [-0.39, 0.29) is 11.7 Å². The molecule has 0 aliphatic carbocycles. The zero-order chi connectivity index (χ0) is 17.9. The fourth-order valence-corrected chi connectivity index (χ4v) is 2.51. The number of Topliss-reactive ketones (excluding diaryl/α,β-unsaturated/α-hetero) is 1. The standard InChI is InChI=1S/C18H20N2O4/c1-5-14-15(18(23)24-4)10(2)16(20-14)17(22)19-13-8-6-12(7-9-13)11(3)21/h6-9,20H,5H2,1-4H3,(H,19,22). The summed E-state index contributed by atoms with van der Waals surface area (Å²) in [5, 5.41) is 2.75. The summed E-state index contributed by atoms with van der Waals surface area (Å²) in [7, 11) is 1.31. The van der Waals surface area contributed by atoms with Crippen molar-refractivity contribution < 1.29 is 19.1 Å². The number of ether oxygens (including phenoxy) is 1. The molecule has 0 fully saturated rings. The number of ketones is 1. The van der Waals surface area contributed by atoms with Gasteiger partial charge in [-0.1, -0.05) is 6.92 Å². The number of nitrogens with one attached hydrogen (secondary N) is 2. The Morgan fingerprint density at radius 1 is 1.17 bits per heavy atom. The van der Waals surface area contributed by atoms with Crippen LogP contribution in [-0.2, 0) is 11.2 Å². The Morgan fingerprint density at radius 3 is 2.29 bits per heavy atom. The molecule has 0 saturated carbocycles. The first-order valence-electron chi connectivity index (χ1n) is 7.61. The van der Waals surface area contributed by atoms with Crippen LogP contribution in [0.15, 0.2) is 24.3 Å². The van der Waals surface area contributed by atoms with Crippen LogP contribution in [0.3, 0.4) is 0 Å². The number of aromatic amines is 1. The first kappa shape index (κ1) is 17.5. The number of hydrogen-bond donors (Lipinski definition) is 2. The third-order valence-corrected chi connectivity index (χ3v) is 3.85. The quantitative estimate of drug-likeness (QED) is 0.652. The van der Waals surface area contributed by atoms with Crippen molar-refractivity contribution in [1.82, 2.24) is 4.98 Å². The lowest BCUT2D eigenvalue weighted by atomic mass is 10.1. The second kappa shape index (κ2) is 7.12. The van der Waals surface area contributed by atoms with Crippen molar-refractivity contribution >= 4 is 23.3 Å². The fourth-order valence-electron chi connectivity index (χ4n) is 2.51. The van der Waals surface area contributed by atoms with Gasteiger partial charge in [0.1, 0.15) is 5.69 Å². The van der Waals surface area contributed by atoms with Crippen LogP contribution in [0, 0.1) is 6.92 Å². The number of carbonyl (C=O) groups excluding carboxylic acids is 3. The van der Waals surface area contributed by atoms with E-state index in [0.29, 0.717) is 40.2 Å². The number of carbonyl (C=O) groups is 3. The molecule has 2 aromatic rings. The van der Waals surface area contributed by atoms with Gasteiger partial charge in [-0.15, -0.1) is 0 Å². The fraction of sp³-hybridized carbons (Fsp3) is 0.278. The van der Waals surface area contributed by atoms with E-state index in [0.717, 1.165) is 0 Å². The lowest BCUT2D eigenvalue weighted by molar-refractivity contribution is 0.0598. The number of benzene rings is 1. The molecule has 0 aliphatic rings. The van der Waals surface area contributed by atoms with Crippen molar-refractivity contribution in [2.24, 2.45) is 0 Å². The molecule has 0 atom stereocenters. The Morgan fingerprint density at radius 2 is 1.79 bits per heavy atom. The number of methoxy groups -OCH3 is 1. The molecule has 2 rings (SSSR count). The van der Waals surface area contributed by atoms with Crippen LogP contribution in [0.2, 0.25) is 0 Å². The van der Waals surface area contributed by atoms with Crippen molar-refractivity contribution in [2.75, 3.05) is 12.4 Å². The molecule has 24 heavy (non-hydrogen) atoms. The van der Waals surface area contributed by atoms with Gasteiger partial charge >= 0.3 is 5.97 Å². The Labute approximate surface area is 140 Å². The molecule has 1 aromatic heterocycles. The SMILES string of the molecule is CCc1[nH]c(C(=O)Nc2ccc(C(C)=O)cc2)c(C)c1C(=O)OC. The molecule has 0 spiro atoms. The van der Waals surface area contributed by atoms with Crippen LogP contribution in [0.5, 0.6) is 0 Å². The van der Waals surface area contributed by atoms with Gasteiger partial charge in [0.15, 0.2) is 5.78 Å². The van der Waals surface area contributed by atoms with Crippen molar-refractivity contribution in [3.63, 3.8) is 0 Å². The van der Waals surface area contributed by atoms with Gasteiger partial charge in [-0.2, -0.15) is 0 Å². The number of aryl methyl sites for hydroxylation is 1. The Balaban J connectivity index is 2.28. The highest BCUT2D eigenvalue weighted by Crippen LogP contribution is 2.21. The van der Waals surface area contributed by atoms with Crippen LogP contribution < -0.4 is 5.32 Å². The first-order chi connectivity index (χ1) is 11.4. The zero-order valence-electron chi connectivity index (χ0n) is 14.1. The second-order valence-electron chi connectivity index (χ2n) is 5.41. The van der Waals surface area contributed by atoms with E-state index >= 15 is 0 Å². The highest BCUT2D eigenvalue weighted by molar-refractivity contribution is 6.07. The third-order valence-electron chi connectivity index (χ3n) is 3.85. The molecule has 1 aromatic carbocycles. The minimum absolute atomic E-state index is 0.0385. The number of rotatable bonds is 5. The summed E-state index contributed by atoms with van der Waals surface area (Å²) in [6.07, 6.45) is 0.575. The molecule has 0 radical (unpaired) electrons. The molecular weight excluding hydrogens is 308 g/mol. The minimum Gasteiger partial charge on any atom is -0.465 e. The Bertz CT molecular complexity index is 788. The smallest absolute Gasteiger partial charge is 0.339 e. The summed E-state index contributed by atoms with van der Waals surface area (Å²) in [4.78, 5) is 38.7.